The van der Waals surface area contributed by atoms with Crippen LogP contribution in [0.2, 0.25) is 0 Å². The summed E-state index contributed by atoms with van der Waals surface area (Å²) in [6.07, 6.45) is 1.30. The molecule has 1 rings (SSSR count). The fourth-order valence-corrected chi connectivity index (χ4v) is 2.78. The second-order valence-corrected chi connectivity index (χ2v) is 4.99. The summed E-state index contributed by atoms with van der Waals surface area (Å²) in [7, 11) is 0. The summed E-state index contributed by atoms with van der Waals surface area (Å²) < 4.78 is 0. The van der Waals surface area contributed by atoms with Crippen molar-refractivity contribution in [2.75, 3.05) is 11.5 Å². The van der Waals surface area contributed by atoms with Gasteiger partial charge in [-0.05, 0) is 31.4 Å². The minimum Gasteiger partial charge on any atom is -0.392 e. The highest BCUT2D eigenvalue weighted by Crippen LogP contribution is 2.31. The van der Waals surface area contributed by atoms with Crippen LogP contribution in [0.15, 0.2) is 0 Å². The minimum atomic E-state index is -0.587. The van der Waals surface area contributed by atoms with Gasteiger partial charge in [0.1, 0.15) is 0 Å². The summed E-state index contributed by atoms with van der Waals surface area (Å²) in [5.41, 5.74) is -0.587. The molecular weight excluding hydrogens is 172 g/mol. The Morgan fingerprint density at radius 2 is 2.17 bits per heavy atom. The zero-order valence-corrected chi connectivity index (χ0v) is 8.60. The first kappa shape index (κ1) is 10.4. The number of hydrogen-bond donors (Lipinski definition) is 2. The van der Waals surface area contributed by atoms with Crippen LogP contribution in [0.5, 0.6) is 0 Å². The molecule has 0 amide bonds. The van der Waals surface area contributed by atoms with E-state index in [0.29, 0.717) is 5.92 Å². The van der Waals surface area contributed by atoms with E-state index in [1.165, 1.54) is 0 Å². The average molecular weight is 190 g/mol. The van der Waals surface area contributed by atoms with Crippen molar-refractivity contribution in [3.8, 4) is 0 Å². The molecule has 0 spiro atoms. The van der Waals surface area contributed by atoms with Crippen molar-refractivity contribution in [3.63, 3.8) is 0 Å². The highest BCUT2D eigenvalue weighted by molar-refractivity contribution is 7.99. The molecule has 0 aromatic rings. The molecule has 0 saturated carbocycles. The van der Waals surface area contributed by atoms with Crippen molar-refractivity contribution < 1.29 is 10.2 Å². The summed E-state index contributed by atoms with van der Waals surface area (Å²) in [5.74, 6) is 2.13. The van der Waals surface area contributed by atoms with Crippen LogP contribution < -0.4 is 0 Å². The summed E-state index contributed by atoms with van der Waals surface area (Å²) in [6.45, 7) is 3.83. The van der Waals surface area contributed by atoms with Crippen molar-refractivity contribution in [2.24, 2.45) is 5.92 Å². The molecule has 3 heteroatoms. The number of aliphatic hydroxyl groups excluding tert-OH is 1. The molecule has 1 aliphatic rings. The van der Waals surface area contributed by atoms with Gasteiger partial charge in [0, 0.05) is 5.75 Å². The van der Waals surface area contributed by atoms with Gasteiger partial charge in [-0.1, -0.05) is 6.92 Å². The standard InChI is InChI=1S/C9H18O2S/c1-3-9(2,11)4-7-5-12-6-8(7)10/h7-8,10-11H,3-6H2,1-2H3. The van der Waals surface area contributed by atoms with E-state index in [2.05, 4.69) is 0 Å². The van der Waals surface area contributed by atoms with E-state index < -0.39 is 5.60 Å². The Morgan fingerprint density at radius 1 is 1.50 bits per heavy atom. The number of hydrogen-bond acceptors (Lipinski definition) is 3. The van der Waals surface area contributed by atoms with Crippen LogP contribution in [-0.4, -0.2) is 33.4 Å². The van der Waals surface area contributed by atoms with Crippen molar-refractivity contribution in [1.82, 2.24) is 0 Å². The highest BCUT2D eigenvalue weighted by Gasteiger charge is 2.31. The van der Waals surface area contributed by atoms with Crippen molar-refractivity contribution in [2.45, 2.75) is 38.4 Å². The molecule has 0 bridgehead atoms. The second kappa shape index (κ2) is 3.99. The quantitative estimate of drug-likeness (QED) is 0.704. The minimum absolute atomic E-state index is 0.201. The molecule has 3 unspecified atom stereocenters. The fraction of sp³-hybridized carbons (Fsp3) is 1.00. The summed E-state index contributed by atoms with van der Waals surface area (Å²) >= 11 is 1.78. The lowest BCUT2D eigenvalue weighted by atomic mass is 9.88. The van der Waals surface area contributed by atoms with Crippen LogP contribution in [0.25, 0.3) is 0 Å². The van der Waals surface area contributed by atoms with Gasteiger partial charge in [0.2, 0.25) is 0 Å². The highest BCUT2D eigenvalue weighted by atomic mass is 32.2. The molecule has 0 radical (unpaired) electrons. The number of rotatable bonds is 3. The third-order valence-electron chi connectivity index (χ3n) is 2.63. The van der Waals surface area contributed by atoms with E-state index in [1.807, 2.05) is 13.8 Å². The Labute approximate surface area is 78.4 Å². The van der Waals surface area contributed by atoms with Gasteiger partial charge in [-0.25, -0.2) is 0 Å². The van der Waals surface area contributed by atoms with Crippen molar-refractivity contribution in [3.05, 3.63) is 0 Å². The van der Waals surface area contributed by atoms with Crippen LogP contribution in [0, 0.1) is 5.92 Å². The first-order chi connectivity index (χ1) is 5.55. The van der Waals surface area contributed by atoms with Crippen molar-refractivity contribution >= 4 is 11.8 Å². The summed E-state index contributed by atoms with van der Waals surface area (Å²) in [6, 6.07) is 0. The van der Waals surface area contributed by atoms with Gasteiger partial charge in [0.25, 0.3) is 0 Å². The van der Waals surface area contributed by atoms with E-state index in [9.17, 15) is 10.2 Å². The van der Waals surface area contributed by atoms with Gasteiger partial charge in [0.15, 0.2) is 0 Å². The maximum absolute atomic E-state index is 9.78. The third kappa shape index (κ3) is 2.64. The van der Waals surface area contributed by atoms with Gasteiger partial charge in [-0.15, -0.1) is 0 Å². The Bertz CT molecular complexity index is 147. The van der Waals surface area contributed by atoms with Crippen LogP contribution in [0.1, 0.15) is 26.7 Å². The maximum atomic E-state index is 9.78. The lowest BCUT2D eigenvalue weighted by Crippen LogP contribution is -2.31. The Morgan fingerprint density at radius 3 is 2.58 bits per heavy atom. The zero-order chi connectivity index (χ0) is 9.19. The first-order valence-electron chi connectivity index (χ1n) is 4.53. The maximum Gasteiger partial charge on any atom is 0.0667 e. The molecule has 0 aromatic heterocycles. The molecule has 2 N–H and O–H groups in total. The Kier molecular flexibility index (Phi) is 3.44. The molecule has 2 nitrogen and oxygen atoms in total. The first-order valence-corrected chi connectivity index (χ1v) is 5.69. The molecule has 72 valence electrons. The van der Waals surface area contributed by atoms with Gasteiger partial charge in [-0.2, -0.15) is 11.8 Å². The van der Waals surface area contributed by atoms with Gasteiger partial charge >= 0.3 is 0 Å². The van der Waals surface area contributed by atoms with Crippen LogP contribution in [-0.2, 0) is 0 Å². The molecule has 3 atom stereocenters. The monoisotopic (exact) mass is 190 g/mol. The average Bonchev–Trinajstić information content (AvgIpc) is 2.36. The molecule has 12 heavy (non-hydrogen) atoms. The fourth-order valence-electron chi connectivity index (χ4n) is 1.49. The van der Waals surface area contributed by atoms with Crippen molar-refractivity contribution in [1.29, 1.82) is 0 Å². The van der Waals surface area contributed by atoms with Gasteiger partial charge in [-0.3, -0.25) is 0 Å². The third-order valence-corrected chi connectivity index (χ3v) is 3.87. The second-order valence-electron chi connectivity index (χ2n) is 3.92. The molecule has 0 aliphatic carbocycles. The van der Waals surface area contributed by atoms with E-state index in [-0.39, 0.29) is 6.10 Å². The summed E-state index contributed by atoms with van der Waals surface area (Å²) in [4.78, 5) is 0. The SMILES string of the molecule is CCC(C)(O)CC1CSCC1O. The Hall–Kier alpha value is 0.270. The number of aliphatic hydroxyl groups is 2. The van der Waals surface area contributed by atoms with Gasteiger partial charge in [0.05, 0.1) is 11.7 Å². The predicted octanol–water partition coefficient (Wildman–Crippen LogP) is 1.26. The largest absolute Gasteiger partial charge is 0.392 e. The van der Waals surface area contributed by atoms with E-state index in [4.69, 9.17) is 0 Å². The molecule has 1 fully saturated rings. The van der Waals surface area contributed by atoms with Crippen LogP contribution >= 0.6 is 11.8 Å². The van der Waals surface area contributed by atoms with Crippen LogP contribution in [0.4, 0.5) is 0 Å². The smallest absolute Gasteiger partial charge is 0.0667 e. The van der Waals surface area contributed by atoms with E-state index in [1.54, 1.807) is 11.8 Å². The molecule has 0 aromatic carbocycles. The van der Waals surface area contributed by atoms with Gasteiger partial charge < -0.3 is 10.2 Å². The summed E-state index contributed by atoms with van der Waals surface area (Å²) in [5, 5.41) is 19.3. The zero-order valence-electron chi connectivity index (χ0n) is 7.79. The lowest BCUT2D eigenvalue weighted by Gasteiger charge is -2.26. The van der Waals surface area contributed by atoms with Crippen LogP contribution in [0.3, 0.4) is 0 Å². The Balaban J connectivity index is 2.39. The molecular formula is C9H18O2S. The number of thioether (sulfide) groups is 1. The topological polar surface area (TPSA) is 40.5 Å². The van der Waals surface area contributed by atoms with E-state index >= 15 is 0 Å². The molecule has 1 aliphatic heterocycles. The lowest BCUT2D eigenvalue weighted by molar-refractivity contribution is 0.0117. The molecule has 1 saturated heterocycles. The molecule has 1 heterocycles. The van der Waals surface area contributed by atoms with E-state index in [0.717, 1.165) is 24.3 Å². The predicted molar refractivity (Wildman–Crippen MR) is 52.4 cm³/mol. The normalized spacial score (nSPS) is 35.0.